The number of benzene rings is 2. The van der Waals surface area contributed by atoms with Crippen molar-refractivity contribution in [3.63, 3.8) is 0 Å². The number of aliphatic hydroxyl groups is 1. The quantitative estimate of drug-likeness (QED) is 0.940. The first kappa shape index (κ1) is 14.6. The molecule has 1 N–H and O–H groups in total. The minimum atomic E-state index is -1.49. The Kier molecular flexibility index (Phi) is 3.86. The molecule has 0 saturated carbocycles. The van der Waals surface area contributed by atoms with Crippen molar-refractivity contribution in [1.82, 2.24) is 4.90 Å². The van der Waals surface area contributed by atoms with Gasteiger partial charge in [0.2, 0.25) is 5.72 Å². The second kappa shape index (κ2) is 5.81. The second-order valence-electron chi connectivity index (χ2n) is 5.42. The minimum Gasteiger partial charge on any atom is -0.436 e. The van der Waals surface area contributed by atoms with Gasteiger partial charge >= 0.3 is 6.09 Å². The molecule has 3 rings (SSSR count). The van der Waals surface area contributed by atoms with Crippen molar-refractivity contribution in [2.24, 2.45) is 0 Å². The molecule has 1 fully saturated rings. The Bertz CT molecular complexity index is 644. The van der Waals surface area contributed by atoms with Gasteiger partial charge in [-0.15, -0.1) is 0 Å². The summed E-state index contributed by atoms with van der Waals surface area (Å²) in [7, 11) is 0. The van der Waals surface area contributed by atoms with Gasteiger partial charge in [-0.3, -0.25) is 4.90 Å². The Balaban J connectivity index is 2.11. The fraction of sp³-hybridized carbons (Fsp3) is 0.278. The predicted molar refractivity (Wildman–Crippen MR) is 83.0 cm³/mol. The number of cyclic esters (lactones) is 1. The molecule has 1 saturated heterocycles. The summed E-state index contributed by atoms with van der Waals surface area (Å²) in [6.45, 7) is 2.40. The molecule has 1 aliphatic rings. The zero-order chi connectivity index (χ0) is 15.6. The van der Waals surface area contributed by atoms with Crippen LogP contribution in [0.4, 0.5) is 4.79 Å². The van der Waals surface area contributed by atoms with Gasteiger partial charge in [0, 0.05) is 12.1 Å². The Morgan fingerprint density at radius 2 is 1.68 bits per heavy atom. The van der Waals surface area contributed by atoms with Crippen LogP contribution in [-0.2, 0) is 10.5 Å². The van der Waals surface area contributed by atoms with E-state index < -0.39 is 17.9 Å². The number of rotatable bonds is 4. The van der Waals surface area contributed by atoms with E-state index in [-0.39, 0.29) is 0 Å². The molecule has 0 spiro atoms. The maximum absolute atomic E-state index is 12.3. The van der Waals surface area contributed by atoms with Gasteiger partial charge < -0.3 is 9.84 Å². The van der Waals surface area contributed by atoms with Crippen LogP contribution in [-0.4, -0.2) is 22.6 Å². The Morgan fingerprint density at radius 1 is 1.09 bits per heavy atom. The number of carbonyl (C=O) groups excluding carboxylic acids is 1. The van der Waals surface area contributed by atoms with Crippen LogP contribution in [0.15, 0.2) is 60.7 Å². The van der Waals surface area contributed by atoms with E-state index in [1.165, 1.54) is 4.90 Å². The van der Waals surface area contributed by atoms with E-state index in [1.807, 2.05) is 67.6 Å². The Hall–Kier alpha value is -2.33. The van der Waals surface area contributed by atoms with Crippen molar-refractivity contribution in [3.05, 3.63) is 71.8 Å². The molecule has 4 nitrogen and oxygen atoms in total. The van der Waals surface area contributed by atoms with Crippen LogP contribution in [0.3, 0.4) is 0 Å². The summed E-state index contributed by atoms with van der Waals surface area (Å²) in [5.41, 5.74) is -0.0561. The molecule has 0 aromatic heterocycles. The average molecular weight is 297 g/mol. The first-order valence-corrected chi connectivity index (χ1v) is 7.49. The molecule has 2 atom stereocenters. The van der Waals surface area contributed by atoms with Crippen LogP contribution >= 0.6 is 0 Å². The van der Waals surface area contributed by atoms with Gasteiger partial charge in [-0.2, -0.15) is 0 Å². The minimum absolute atomic E-state index is 0.438. The van der Waals surface area contributed by atoms with Crippen LogP contribution in [0.25, 0.3) is 0 Å². The SMILES string of the molecule is CCCN1C(=O)O[C@@H](c2ccccc2)[C@@]1(O)c1ccccc1. The summed E-state index contributed by atoms with van der Waals surface area (Å²) in [4.78, 5) is 13.7. The van der Waals surface area contributed by atoms with Crippen LogP contribution in [0, 0.1) is 0 Å². The number of hydrogen-bond donors (Lipinski definition) is 1. The summed E-state index contributed by atoms with van der Waals surface area (Å²) >= 11 is 0. The third-order valence-electron chi connectivity index (χ3n) is 3.96. The number of carbonyl (C=O) groups is 1. The van der Waals surface area contributed by atoms with Crippen LogP contribution in [0.1, 0.15) is 30.6 Å². The van der Waals surface area contributed by atoms with E-state index in [2.05, 4.69) is 0 Å². The van der Waals surface area contributed by atoms with Crippen molar-refractivity contribution in [3.8, 4) is 0 Å². The maximum atomic E-state index is 12.3. The normalized spacial score (nSPS) is 24.4. The van der Waals surface area contributed by atoms with E-state index in [1.54, 1.807) is 0 Å². The Morgan fingerprint density at radius 3 is 2.27 bits per heavy atom. The zero-order valence-electron chi connectivity index (χ0n) is 12.5. The van der Waals surface area contributed by atoms with Gasteiger partial charge in [0.25, 0.3) is 0 Å². The maximum Gasteiger partial charge on any atom is 0.413 e. The lowest BCUT2D eigenvalue weighted by Crippen LogP contribution is -2.46. The highest BCUT2D eigenvalue weighted by atomic mass is 16.6. The van der Waals surface area contributed by atoms with E-state index in [9.17, 15) is 9.90 Å². The molecule has 4 heteroatoms. The molecule has 0 unspecified atom stereocenters. The molecule has 114 valence electrons. The van der Waals surface area contributed by atoms with Crippen LogP contribution in [0.2, 0.25) is 0 Å². The lowest BCUT2D eigenvalue weighted by Gasteiger charge is -2.34. The van der Waals surface area contributed by atoms with Crippen molar-refractivity contribution < 1.29 is 14.6 Å². The zero-order valence-corrected chi connectivity index (χ0v) is 12.5. The molecular formula is C18H19NO3. The number of hydrogen-bond acceptors (Lipinski definition) is 3. The van der Waals surface area contributed by atoms with E-state index >= 15 is 0 Å². The third kappa shape index (κ3) is 2.25. The molecule has 2 aromatic rings. The van der Waals surface area contributed by atoms with Crippen molar-refractivity contribution >= 4 is 6.09 Å². The fourth-order valence-electron chi connectivity index (χ4n) is 2.93. The highest BCUT2D eigenvalue weighted by Gasteiger charge is 2.55. The fourth-order valence-corrected chi connectivity index (χ4v) is 2.93. The van der Waals surface area contributed by atoms with Gasteiger partial charge in [-0.05, 0) is 12.0 Å². The highest BCUT2D eigenvalue weighted by Crippen LogP contribution is 2.46. The van der Waals surface area contributed by atoms with Crippen molar-refractivity contribution in [2.45, 2.75) is 25.2 Å². The lowest BCUT2D eigenvalue weighted by molar-refractivity contribution is -0.109. The predicted octanol–water partition coefficient (Wildman–Crippen LogP) is 3.44. The topological polar surface area (TPSA) is 49.8 Å². The summed E-state index contributed by atoms with van der Waals surface area (Å²) in [5.74, 6) is 0. The van der Waals surface area contributed by atoms with Gasteiger partial charge in [-0.1, -0.05) is 67.6 Å². The number of ether oxygens (including phenoxy) is 1. The van der Waals surface area contributed by atoms with E-state index in [0.717, 1.165) is 12.0 Å². The number of amides is 1. The van der Waals surface area contributed by atoms with Crippen LogP contribution in [0.5, 0.6) is 0 Å². The van der Waals surface area contributed by atoms with Gasteiger partial charge in [0.1, 0.15) is 0 Å². The smallest absolute Gasteiger partial charge is 0.413 e. The van der Waals surface area contributed by atoms with Gasteiger partial charge in [0.05, 0.1) is 0 Å². The van der Waals surface area contributed by atoms with E-state index in [0.29, 0.717) is 12.1 Å². The van der Waals surface area contributed by atoms with Crippen LogP contribution < -0.4 is 0 Å². The number of nitrogens with zero attached hydrogens (tertiary/aromatic N) is 1. The summed E-state index contributed by atoms with van der Waals surface area (Å²) < 4.78 is 5.52. The molecule has 0 aliphatic carbocycles. The largest absolute Gasteiger partial charge is 0.436 e. The van der Waals surface area contributed by atoms with E-state index in [4.69, 9.17) is 4.74 Å². The second-order valence-corrected chi connectivity index (χ2v) is 5.42. The molecule has 1 amide bonds. The monoisotopic (exact) mass is 297 g/mol. The van der Waals surface area contributed by atoms with Gasteiger partial charge in [-0.25, -0.2) is 4.79 Å². The van der Waals surface area contributed by atoms with Crippen molar-refractivity contribution in [2.75, 3.05) is 6.54 Å². The third-order valence-corrected chi connectivity index (χ3v) is 3.96. The summed E-state index contributed by atoms with van der Waals surface area (Å²) in [5, 5.41) is 11.4. The standard InChI is InChI=1S/C18H19NO3/c1-2-13-19-17(20)22-16(14-9-5-3-6-10-14)18(19,21)15-11-7-4-8-12-15/h3-12,16,21H,2,13H2,1H3/t16-,18-/m0/s1. The summed E-state index contributed by atoms with van der Waals surface area (Å²) in [6.07, 6.45) is -0.483. The first-order chi connectivity index (χ1) is 10.7. The highest BCUT2D eigenvalue weighted by molar-refractivity contribution is 5.72. The molecule has 0 radical (unpaired) electrons. The lowest BCUT2D eigenvalue weighted by atomic mass is 9.91. The average Bonchev–Trinajstić information content (AvgIpc) is 2.83. The first-order valence-electron chi connectivity index (χ1n) is 7.49. The molecule has 0 bridgehead atoms. The molecule has 1 heterocycles. The molecule has 1 aliphatic heterocycles. The van der Waals surface area contributed by atoms with Gasteiger partial charge in [0.15, 0.2) is 6.10 Å². The molecule has 22 heavy (non-hydrogen) atoms. The Labute approximate surface area is 130 Å². The summed E-state index contributed by atoms with van der Waals surface area (Å²) in [6, 6.07) is 18.6. The molecule has 2 aromatic carbocycles. The van der Waals surface area contributed by atoms with Crippen molar-refractivity contribution in [1.29, 1.82) is 0 Å². The molecular weight excluding hydrogens is 278 g/mol.